The van der Waals surface area contributed by atoms with Crippen LogP contribution in [-0.4, -0.2) is 27.8 Å². The Kier molecular flexibility index (Phi) is 3.10. The number of carbonyl (C=O) groups is 1. The summed E-state index contributed by atoms with van der Waals surface area (Å²) in [4.78, 5) is 16.6. The number of nitrogens with zero attached hydrogens (tertiary/aromatic N) is 3. The van der Waals surface area contributed by atoms with Crippen LogP contribution in [0.5, 0.6) is 5.75 Å². The molecule has 1 N–H and O–H groups in total. The van der Waals surface area contributed by atoms with Gasteiger partial charge in [0.1, 0.15) is 16.5 Å². The molecule has 7 heteroatoms. The minimum atomic E-state index is -0.243. The minimum absolute atomic E-state index is 0.243. The van der Waals surface area contributed by atoms with E-state index in [1.807, 2.05) is 0 Å². The first kappa shape index (κ1) is 11.6. The normalized spacial score (nSPS) is 10.3. The molecule has 6 nitrogen and oxygen atoms in total. The number of aromatic nitrogens is 3. The Morgan fingerprint density at radius 3 is 2.94 bits per heavy atom. The number of aryl methyl sites for hydroxylation is 2. The van der Waals surface area contributed by atoms with Gasteiger partial charge in [-0.25, -0.2) is 4.68 Å². The van der Waals surface area contributed by atoms with Gasteiger partial charge in [-0.1, -0.05) is 0 Å². The summed E-state index contributed by atoms with van der Waals surface area (Å²) in [7, 11) is 3.26. The molecule has 17 heavy (non-hydrogen) atoms. The first-order valence-electron chi connectivity index (χ1n) is 4.92. The average molecular weight is 252 g/mol. The molecule has 0 saturated heterocycles. The van der Waals surface area contributed by atoms with Gasteiger partial charge in [-0.2, -0.15) is 10.1 Å². The maximum atomic E-state index is 12.0. The molecule has 2 aromatic heterocycles. The molecule has 0 aliphatic rings. The van der Waals surface area contributed by atoms with E-state index in [9.17, 15) is 4.79 Å². The van der Waals surface area contributed by atoms with Gasteiger partial charge in [0.05, 0.1) is 7.11 Å². The lowest BCUT2D eigenvalue weighted by molar-refractivity contribution is 0.102. The second-order valence-corrected chi connectivity index (χ2v) is 4.29. The molecule has 2 aromatic rings. The van der Waals surface area contributed by atoms with Gasteiger partial charge in [0.25, 0.3) is 5.91 Å². The maximum Gasteiger partial charge on any atom is 0.271 e. The van der Waals surface area contributed by atoms with Crippen molar-refractivity contribution in [3.8, 4) is 5.75 Å². The Hall–Kier alpha value is -1.89. The monoisotopic (exact) mass is 252 g/mol. The first-order chi connectivity index (χ1) is 8.11. The first-order valence-corrected chi connectivity index (χ1v) is 5.80. The van der Waals surface area contributed by atoms with Crippen molar-refractivity contribution in [2.75, 3.05) is 12.4 Å². The van der Waals surface area contributed by atoms with Crippen molar-refractivity contribution < 1.29 is 9.53 Å². The summed E-state index contributed by atoms with van der Waals surface area (Å²) in [6.45, 7) is 1.77. The van der Waals surface area contributed by atoms with Gasteiger partial charge in [0.2, 0.25) is 5.95 Å². The molecule has 0 fully saturated rings. The highest BCUT2D eigenvalue weighted by atomic mass is 32.1. The molecular formula is C10H12N4O2S. The van der Waals surface area contributed by atoms with Gasteiger partial charge in [0, 0.05) is 7.05 Å². The predicted octanol–water partition coefficient (Wildman–Crippen LogP) is 1.45. The van der Waals surface area contributed by atoms with Crippen LogP contribution in [-0.2, 0) is 7.05 Å². The van der Waals surface area contributed by atoms with Crippen molar-refractivity contribution >= 4 is 23.2 Å². The SMILES string of the molecule is COc1ccsc1C(=O)Nc1nc(C)nn1C. The van der Waals surface area contributed by atoms with Crippen LogP contribution in [0.1, 0.15) is 15.5 Å². The fourth-order valence-corrected chi connectivity index (χ4v) is 2.16. The van der Waals surface area contributed by atoms with E-state index in [0.717, 1.165) is 0 Å². The smallest absolute Gasteiger partial charge is 0.271 e. The second kappa shape index (κ2) is 4.54. The predicted molar refractivity (Wildman–Crippen MR) is 64.6 cm³/mol. The molecule has 0 aliphatic heterocycles. The van der Waals surface area contributed by atoms with Crippen molar-refractivity contribution in [2.24, 2.45) is 7.05 Å². The molecule has 0 saturated carbocycles. The zero-order valence-corrected chi connectivity index (χ0v) is 10.5. The van der Waals surface area contributed by atoms with Crippen molar-refractivity contribution in [1.82, 2.24) is 14.8 Å². The molecule has 0 aromatic carbocycles. The number of ether oxygens (including phenoxy) is 1. The van der Waals surface area contributed by atoms with Gasteiger partial charge in [-0.3, -0.25) is 10.1 Å². The number of carbonyl (C=O) groups excluding carboxylic acids is 1. The van der Waals surface area contributed by atoms with Crippen molar-refractivity contribution in [3.05, 3.63) is 22.1 Å². The summed E-state index contributed by atoms with van der Waals surface area (Å²) in [5.41, 5.74) is 0. The Morgan fingerprint density at radius 1 is 1.59 bits per heavy atom. The summed E-state index contributed by atoms with van der Waals surface area (Å²) >= 11 is 1.32. The van der Waals surface area contributed by atoms with Crippen LogP contribution in [0, 0.1) is 6.92 Å². The molecule has 0 spiro atoms. The van der Waals surface area contributed by atoms with Gasteiger partial charge < -0.3 is 4.74 Å². The third-order valence-electron chi connectivity index (χ3n) is 2.15. The Morgan fingerprint density at radius 2 is 2.35 bits per heavy atom. The lowest BCUT2D eigenvalue weighted by atomic mass is 10.4. The zero-order valence-electron chi connectivity index (χ0n) is 9.72. The van der Waals surface area contributed by atoms with E-state index in [4.69, 9.17) is 4.74 Å². The summed E-state index contributed by atoms with van der Waals surface area (Å²) in [5.74, 6) is 1.35. The Balaban J connectivity index is 2.20. The number of methoxy groups -OCH3 is 1. The zero-order chi connectivity index (χ0) is 12.4. The van der Waals surface area contributed by atoms with Gasteiger partial charge in [-0.15, -0.1) is 11.3 Å². The number of anilines is 1. The highest BCUT2D eigenvalue weighted by Crippen LogP contribution is 2.25. The standard InChI is InChI=1S/C10H12N4O2S/c1-6-11-10(14(2)13-6)12-9(15)8-7(16-3)4-5-17-8/h4-5H,1-3H3,(H,11,12,13,15). The molecule has 0 radical (unpaired) electrons. The van der Waals surface area contributed by atoms with Crippen LogP contribution < -0.4 is 10.1 Å². The molecule has 0 bridgehead atoms. The number of hydrogen-bond acceptors (Lipinski definition) is 5. The third-order valence-corrected chi connectivity index (χ3v) is 3.04. The fraction of sp³-hybridized carbons (Fsp3) is 0.300. The fourth-order valence-electron chi connectivity index (χ4n) is 1.40. The van der Waals surface area contributed by atoms with E-state index in [1.54, 1.807) is 25.4 Å². The summed E-state index contributed by atoms with van der Waals surface area (Å²) in [6, 6.07) is 1.75. The highest BCUT2D eigenvalue weighted by Gasteiger charge is 2.16. The summed E-state index contributed by atoms with van der Waals surface area (Å²) in [5, 5.41) is 8.54. The van der Waals surface area contributed by atoms with Crippen molar-refractivity contribution in [3.63, 3.8) is 0 Å². The minimum Gasteiger partial charge on any atom is -0.495 e. The van der Waals surface area contributed by atoms with Gasteiger partial charge >= 0.3 is 0 Å². The number of rotatable bonds is 3. The number of amides is 1. The van der Waals surface area contributed by atoms with Crippen molar-refractivity contribution in [1.29, 1.82) is 0 Å². The molecule has 90 valence electrons. The largest absolute Gasteiger partial charge is 0.495 e. The van der Waals surface area contributed by atoms with E-state index in [-0.39, 0.29) is 5.91 Å². The molecule has 2 heterocycles. The van der Waals surface area contributed by atoms with Gasteiger partial charge in [0.15, 0.2) is 0 Å². The highest BCUT2D eigenvalue weighted by molar-refractivity contribution is 7.12. The average Bonchev–Trinajstić information content (AvgIpc) is 2.85. The topological polar surface area (TPSA) is 69.0 Å². The van der Waals surface area contributed by atoms with Crippen LogP contribution in [0.25, 0.3) is 0 Å². The van der Waals surface area contributed by atoms with Crippen molar-refractivity contribution in [2.45, 2.75) is 6.92 Å². The molecule has 2 rings (SSSR count). The van der Waals surface area contributed by atoms with Crippen LogP contribution in [0.3, 0.4) is 0 Å². The lowest BCUT2D eigenvalue weighted by Gasteiger charge is -2.03. The lowest BCUT2D eigenvalue weighted by Crippen LogP contribution is -2.14. The van der Waals surface area contributed by atoms with Crippen LogP contribution >= 0.6 is 11.3 Å². The van der Waals surface area contributed by atoms with E-state index in [2.05, 4.69) is 15.4 Å². The van der Waals surface area contributed by atoms with Crippen LogP contribution in [0.15, 0.2) is 11.4 Å². The molecule has 1 amide bonds. The van der Waals surface area contributed by atoms with E-state index in [1.165, 1.54) is 23.1 Å². The summed E-state index contributed by atoms with van der Waals surface area (Å²) in [6.07, 6.45) is 0. The molecule has 0 atom stereocenters. The number of thiophene rings is 1. The van der Waals surface area contributed by atoms with E-state index >= 15 is 0 Å². The van der Waals surface area contributed by atoms with E-state index < -0.39 is 0 Å². The molecular weight excluding hydrogens is 240 g/mol. The Labute approximate surface area is 102 Å². The van der Waals surface area contributed by atoms with Gasteiger partial charge in [-0.05, 0) is 18.4 Å². The molecule has 0 aliphatic carbocycles. The van der Waals surface area contributed by atoms with E-state index in [0.29, 0.717) is 22.4 Å². The number of nitrogens with one attached hydrogen (secondary N) is 1. The number of hydrogen-bond donors (Lipinski definition) is 1. The van der Waals surface area contributed by atoms with Crippen LogP contribution in [0.4, 0.5) is 5.95 Å². The molecule has 0 unspecified atom stereocenters. The second-order valence-electron chi connectivity index (χ2n) is 3.38. The Bertz CT molecular complexity index is 546. The quantitative estimate of drug-likeness (QED) is 0.897. The maximum absolute atomic E-state index is 12.0. The van der Waals surface area contributed by atoms with Crippen LogP contribution in [0.2, 0.25) is 0 Å². The summed E-state index contributed by atoms with van der Waals surface area (Å²) < 4.78 is 6.61. The third kappa shape index (κ3) is 2.28.